The number of nitrogens with two attached hydrogens (primary N) is 1. The van der Waals surface area contributed by atoms with Gasteiger partial charge in [0.1, 0.15) is 0 Å². The molecule has 2 rings (SSSR count). The van der Waals surface area contributed by atoms with Crippen LogP contribution in [0, 0.1) is 11.8 Å². The van der Waals surface area contributed by atoms with E-state index in [1.807, 2.05) is 24.3 Å². The van der Waals surface area contributed by atoms with Crippen molar-refractivity contribution in [1.29, 1.82) is 0 Å². The Morgan fingerprint density at radius 3 is 1.65 bits per heavy atom. The second kappa shape index (κ2) is 5.81. The fourth-order valence-corrected chi connectivity index (χ4v) is 1.61. The fraction of sp³-hybridized carbons (Fsp3) is 0.125. The van der Waals surface area contributed by atoms with Crippen molar-refractivity contribution < 1.29 is 13.2 Å². The van der Waals surface area contributed by atoms with Crippen LogP contribution in [0.2, 0.25) is 0 Å². The van der Waals surface area contributed by atoms with Gasteiger partial charge in [-0.2, -0.15) is 13.2 Å². The van der Waals surface area contributed by atoms with E-state index in [1.54, 1.807) is 0 Å². The van der Waals surface area contributed by atoms with Gasteiger partial charge in [0.25, 0.3) is 0 Å². The predicted octanol–water partition coefficient (Wildman–Crippen LogP) is 3.56. The van der Waals surface area contributed by atoms with Gasteiger partial charge in [0.05, 0.1) is 5.56 Å². The van der Waals surface area contributed by atoms with Crippen molar-refractivity contribution in [1.82, 2.24) is 0 Å². The summed E-state index contributed by atoms with van der Waals surface area (Å²) in [5, 5.41) is 0. The van der Waals surface area contributed by atoms with E-state index in [9.17, 15) is 13.2 Å². The fourth-order valence-electron chi connectivity index (χ4n) is 1.61. The first-order valence-electron chi connectivity index (χ1n) is 5.97. The molecule has 0 aliphatic carbocycles. The zero-order valence-electron chi connectivity index (χ0n) is 10.5. The smallest absolute Gasteiger partial charge is 0.326 e. The summed E-state index contributed by atoms with van der Waals surface area (Å²) in [7, 11) is 0. The number of benzene rings is 2. The number of hydrogen-bond donors (Lipinski definition) is 1. The highest BCUT2D eigenvalue weighted by molar-refractivity contribution is 5.44. The van der Waals surface area contributed by atoms with Gasteiger partial charge in [-0.3, -0.25) is 0 Å². The van der Waals surface area contributed by atoms with Gasteiger partial charge in [0, 0.05) is 17.7 Å². The normalized spacial score (nSPS) is 10.8. The molecule has 2 N–H and O–H groups in total. The maximum absolute atomic E-state index is 12.4. The van der Waals surface area contributed by atoms with Crippen molar-refractivity contribution in [3.8, 4) is 11.8 Å². The lowest BCUT2D eigenvalue weighted by atomic mass is 10.1. The molecule has 0 bridgehead atoms. The van der Waals surface area contributed by atoms with Gasteiger partial charge >= 0.3 is 6.18 Å². The third-order valence-corrected chi connectivity index (χ3v) is 2.75. The molecule has 0 aliphatic heterocycles. The van der Waals surface area contributed by atoms with Gasteiger partial charge in [0.15, 0.2) is 0 Å². The molecule has 0 spiro atoms. The molecule has 102 valence electrons. The minimum absolute atomic E-state index is 0.465. The average Bonchev–Trinajstić information content (AvgIpc) is 2.45. The first-order chi connectivity index (χ1) is 9.49. The number of halogens is 3. The molecule has 0 aromatic heterocycles. The molecule has 0 saturated heterocycles. The molecule has 0 unspecified atom stereocenters. The predicted molar refractivity (Wildman–Crippen MR) is 71.8 cm³/mol. The van der Waals surface area contributed by atoms with E-state index in [0.29, 0.717) is 12.1 Å². The van der Waals surface area contributed by atoms with Gasteiger partial charge < -0.3 is 5.73 Å². The molecule has 4 heteroatoms. The first-order valence-corrected chi connectivity index (χ1v) is 5.97. The molecule has 2 aromatic rings. The zero-order chi connectivity index (χ0) is 14.6. The van der Waals surface area contributed by atoms with Crippen molar-refractivity contribution >= 4 is 0 Å². The summed E-state index contributed by atoms with van der Waals surface area (Å²) in [6.45, 7) is 0.465. The van der Waals surface area contributed by atoms with E-state index in [1.165, 1.54) is 12.1 Å². The highest BCUT2D eigenvalue weighted by atomic mass is 19.4. The van der Waals surface area contributed by atoms with Crippen LogP contribution >= 0.6 is 0 Å². The van der Waals surface area contributed by atoms with Crippen molar-refractivity contribution in [3.63, 3.8) is 0 Å². The standard InChI is InChI=1S/C16H12F3N/c17-16(18,19)15-9-7-13(8-10-15)2-1-12-3-5-14(11-20)6-4-12/h3-10H,11,20H2. The van der Waals surface area contributed by atoms with Crippen LogP contribution in [0.1, 0.15) is 22.3 Å². The van der Waals surface area contributed by atoms with Crippen LogP contribution in [0.15, 0.2) is 48.5 Å². The molecule has 0 atom stereocenters. The van der Waals surface area contributed by atoms with E-state index in [2.05, 4.69) is 11.8 Å². The highest BCUT2D eigenvalue weighted by Gasteiger charge is 2.29. The lowest BCUT2D eigenvalue weighted by Gasteiger charge is -2.05. The van der Waals surface area contributed by atoms with Gasteiger partial charge in [-0.25, -0.2) is 0 Å². The number of alkyl halides is 3. The SMILES string of the molecule is NCc1ccc(C#Cc2ccc(C(F)(F)F)cc2)cc1. The van der Waals surface area contributed by atoms with E-state index in [0.717, 1.165) is 23.3 Å². The van der Waals surface area contributed by atoms with Crippen molar-refractivity contribution in [2.24, 2.45) is 5.73 Å². The minimum atomic E-state index is -4.32. The van der Waals surface area contributed by atoms with Gasteiger partial charge in [-0.1, -0.05) is 24.0 Å². The zero-order valence-corrected chi connectivity index (χ0v) is 10.5. The summed E-state index contributed by atoms with van der Waals surface area (Å²) < 4.78 is 37.2. The lowest BCUT2D eigenvalue weighted by molar-refractivity contribution is -0.137. The third kappa shape index (κ3) is 3.62. The maximum atomic E-state index is 12.4. The molecule has 0 heterocycles. The Labute approximate surface area is 115 Å². The van der Waals surface area contributed by atoms with Crippen LogP contribution in [0.5, 0.6) is 0 Å². The molecule has 0 fully saturated rings. The van der Waals surface area contributed by atoms with Gasteiger partial charge in [-0.05, 0) is 42.0 Å². The molecule has 0 saturated carbocycles. The molecule has 2 aromatic carbocycles. The second-order valence-corrected chi connectivity index (χ2v) is 4.23. The van der Waals surface area contributed by atoms with Crippen molar-refractivity contribution in [2.45, 2.75) is 12.7 Å². The summed E-state index contributed by atoms with van der Waals surface area (Å²) in [5.41, 5.74) is 7.16. The minimum Gasteiger partial charge on any atom is -0.326 e. The third-order valence-electron chi connectivity index (χ3n) is 2.75. The highest BCUT2D eigenvalue weighted by Crippen LogP contribution is 2.28. The topological polar surface area (TPSA) is 26.0 Å². The van der Waals surface area contributed by atoms with Crippen molar-refractivity contribution in [3.05, 3.63) is 70.8 Å². The Morgan fingerprint density at radius 2 is 1.25 bits per heavy atom. The Balaban J connectivity index is 2.16. The van der Waals surface area contributed by atoms with Crippen molar-refractivity contribution in [2.75, 3.05) is 0 Å². The van der Waals surface area contributed by atoms with E-state index < -0.39 is 11.7 Å². The van der Waals surface area contributed by atoms with Crippen LogP contribution in [0.3, 0.4) is 0 Å². The van der Waals surface area contributed by atoms with E-state index in [4.69, 9.17) is 5.73 Å². The van der Waals surface area contributed by atoms with E-state index >= 15 is 0 Å². The summed E-state index contributed by atoms with van der Waals surface area (Å²) in [4.78, 5) is 0. The number of rotatable bonds is 1. The Kier molecular flexibility index (Phi) is 4.11. The molecular weight excluding hydrogens is 263 g/mol. The maximum Gasteiger partial charge on any atom is 0.416 e. The van der Waals surface area contributed by atoms with E-state index in [-0.39, 0.29) is 0 Å². The molecule has 0 aliphatic rings. The Morgan fingerprint density at radius 1 is 0.800 bits per heavy atom. The monoisotopic (exact) mass is 275 g/mol. The lowest BCUT2D eigenvalue weighted by Crippen LogP contribution is -2.04. The quantitative estimate of drug-likeness (QED) is 0.791. The Hall–Kier alpha value is -2.25. The molecule has 0 amide bonds. The van der Waals surface area contributed by atoms with Gasteiger partial charge in [0.2, 0.25) is 0 Å². The molecular formula is C16H12F3N. The largest absolute Gasteiger partial charge is 0.416 e. The molecule has 0 radical (unpaired) electrons. The summed E-state index contributed by atoms with van der Waals surface area (Å²) in [5.74, 6) is 5.73. The number of hydrogen-bond acceptors (Lipinski definition) is 1. The summed E-state index contributed by atoms with van der Waals surface area (Å²) >= 11 is 0. The summed E-state index contributed by atoms with van der Waals surface area (Å²) in [6.07, 6.45) is -4.32. The van der Waals surface area contributed by atoms with Crippen LogP contribution in [-0.2, 0) is 12.7 Å². The molecule has 1 nitrogen and oxygen atoms in total. The first kappa shape index (κ1) is 14.2. The van der Waals surface area contributed by atoms with Crippen LogP contribution in [-0.4, -0.2) is 0 Å². The van der Waals surface area contributed by atoms with Gasteiger partial charge in [-0.15, -0.1) is 0 Å². The average molecular weight is 275 g/mol. The van der Waals surface area contributed by atoms with Crippen LogP contribution in [0.25, 0.3) is 0 Å². The molecule has 20 heavy (non-hydrogen) atoms. The van der Waals surface area contributed by atoms with Crippen LogP contribution in [0.4, 0.5) is 13.2 Å². The summed E-state index contributed by atoms with van der Waals surface area (Å²) in [6, 6.07) is 12.2. The second-order valence-electron chi connectivity index (χ2n) is 4.23. The Bertz CT molecular complexity index is 629. The van der Waals surface area contributed by atoms with Crippen LogP contribution < -0.4 is 5.73 Å².